The summed E-state index contributed by atoms with van der Waals surface area (Å²) in [4.78, 5) is 41.8. The number of nitrogens with two attached hydrogens (primary N) is 1. The van der Waals surface area contributed by atoms with E-state index in [0.29, 0.717) is 11.5 Å². The van der Waals surface area contributed by atoms with E-state index in [4.69, 9.17) is 19.9 Å². The Labute approximate surface area is 221 Å². The Morgan fingerprint density at radius 2 is 1.86 bits per heavy atom. The van der Waals surface area contributed by atoms with Crippen LogP contribution in [0.4, 0.5) is 0 Å². The number of nitrogens with zero attached hydrogens (tertiary/aromatic N) is 2. The molecule has 0 radical (unpaired) electrons. The predicted molar refractivity (Wildman–Crippen MR) is 139 cm³/mol. The molecule has 4 rings (SSSR count). The van der Waals surface area contributed by atoms with Gasteiger partial charge in [-0.25, -0.2) is 0 Å². The first-order valence-electron chi connectivity index (χ1n) is 12.5. The van der Waals surface area contributed by atoms with Crippen LogP contribution in [0.15, 0.2) is 29.6 Å². The van der Waals surface area contributed by atoms with Crippen molar-refractivity contribution >= 4 is 29.1 Å². The molecule has 200 valence electrons. The van der Waals surface area contributed by atoms with Gasteiger partial charge in [0, 0.05) is 43.7 Å². The Morgan fingerprint density at radius 3 is 2.51 bits per heavy atom. The summed E-state index contributed by atoms with van der Waals surface area (Å²) < 4.78 is 16.7. The van der Waals surface area contributed by atoms with Gasteiger partial charge < -0.3 is 24.8 Å². The number of carbonyl (C=O) groups excluding carboxylic acids is 3. The molecule has 1 aromatic heterocycles. The number of hydrogen-bond donors (Lipinski definition) is 1. The Morgan fingerprint density at radius 1 is 1.16 bits per heavy atom. The zero-order valence-electron chi connectivity index (χ0n) is 21.7. The molecule has 2 amide bonds. The summed E-state index contributed by atoms with van der Waals surface area (Å²) in [7, 11) is 0. The van der Waals surface area contributed by atoms with E-state index in [9.17, 15) is 14.4 Å². The lowest BCUT2D eigenvalue weighted by atomic mass is 10.1. The van der Waals surface area contributed by atoms with Crippen LogP contribution in [0.25, 0.3) is 0 Å². The minimum Gasteiger partial charge on any atom is -0.489 e. The van der Waals surface area contributed by atoms with Crippen LogP contribution >= 0.6 is 11.3 Å². The van der Waals surface area contributed by atoms with E-state index in [2.05, 4.69) is 17.0 Å². The molecule has 1 unspecified atom stereocenters. The summed E-state index contributed by atoms with van der Waals surface area (Å²) in [5, 5.41) is 1.92. The molecule has 3 heterocycles. The highest BCUT2D eigenvalue weighted by Gasteiger charge is 2.38. The van der Waals surface area contributed by atoms with E-state index in [1.165, 1.54) is 21.8 Å². The van der Waals surface area contributed by atoms with Gasteiger partial charge in [0.25, 0.3) is 5.91 Å². The van der Waals surface area contributed by atoms with Crippen LogP contribution in [-0.4, -0.2) is 65.5 Å². The average molecular weight is 530 g/mol. The topological polar surface area (TPSA) is 111 Å². The molecule has 0 spiro atoms. The molecule has 0 bridgehead atoms. The van der Waals surface area contributed by atoms with E-state index < -0.39 is 23.5 Å². The summed E-state index contributed by atoms with van der Waals surface area (Å²) in [6.07, 6.45) is 0.118. The second kappa shape index (κ2) is 11.6. The first kappa shape index (κ1) is 27.1. The molecular weight excluding hydrogens is 494 g/mol. The summed E-state index contributed by atoms with van der Waals surface area (Å²) in [5.74, 6) is -0.557. The third-order valence-electron chi connectivity index (χ3n) is 6.34. The van der Waals surface area contributed by atoms with E-state index >= 15 is 0 Å². The summed E-state index contributed by atoms with van der Waals surface area (Å²) in [6.45, 7) is 10.2. The molecule has 1 saturated heterocycles. The van der Waals surface area contributed by atoms with Gasteiger partial charge in [0.05, 0.1) is 18.1 Å². The molecule has 2 N–H and O–H groups in total. The summed E-state index contributed by atoms with van der Waals surface area (Å²) in [5.41, 5.74) is 7.98. The molecule has 1 atom stereocenters. The highest BCUT2D eigenvalue weighted by Crippen LogP contribution is 2.34. The highest BCUT2D eigenvalue weighted by atomic mass is 32.1. The van der Waals surface area contributed by atoms with E-state index in [1.54, 1.807) is 20.8 Å². The minimum atomic E-state index is -0.882. The van der Waals surface area contributed by atoms with Gasteiger partial charge in [0.1, 0.15) is 24.0 Å². The Hall–Kier alpha value is -2.95. The van der Waals surface area contributed by atoms with Crippen LogP contribution in [0.5, 0.6) is 5.75 Å². The Kier molecular flexibility index (Phi) is 8.51. The molecule has 37 heavy (non-hydrogen) atoms. The molecule has 0 saturated carbocycles. The lowest BCUT2D eigenvalue weighted by molar-refractivity contribution is -0.155. The number of thiophene rings is 1. The fraction of sp³-hybridized carbons (Fsp3) is 0.519. The summed E-state index contributed by atoms with van der Waals surface area (Å²) in [6, 6.07) is 7.17. The molecule has 2 aliphatic heterocycles. The van der Waals surface area contributed by atoms with Gasteiger partial charge in [-0.1, -0.05) is 12.1 Å². The van der Waals surface area contributed by atoms with Crippen molar-refractivity contribution < 1.29 is 28.6 Å². The van der Waals surface area contributed by atoms with E-state index in [1.807, 2.05) is 17.5 Å². The van der Waals surface area contributed by atoms with Crippen molar-refractivity contribution in [1.82, 2.24) is 9.80 Å². The number of amides is 2. The minimum absolute atomic E-state index is 0.000192. The van der Waals surface area contributed by atoms with Crippen molar-refractivity contribution in [1.29, 1.82) is 0 Å². The van der Waals surface area contributed by atoms with Crippen LogP contribution in [0.3, 0.4) is 0 Å². The normalized spacial score (nSPS) is 16.9. The van der Waals surface area contributed by atoms with Gasteiger partial charge >= 0.3 is 5.97 Å². The predicted octanol–water partition coefficient (Wildman–Crippen LogP) is 3.09. The quantitative estimate of drug-likeness (QED) is 0.471. The monoisotopic (exact) mass is 529 g/mol. The van der Waals surface area contributed by atoms with Crippen LogP contribution in [0, 0.1) is 0 Å². The zero-order chi connectivity index (χ0) is 26.6. The second-order valence-electron chi connectivity index (χ2n) is 10.4. The van der Waals surface area contributed by atoms with Crippen LogP contribution < -0.4 is 10.5 Å². The van der Waals surface area contributed by atoms with Crippen LogP contribution in [-0.2, 0) is 38.8 Å². The molecule has 1 aromatic carbocycles. The lowest BCUT2D eigenvalue weighted by Gasteiger charge is -2.26. The van der Waals surface area contributed by atoms with E-state index in [0.717, 1.165) is 49.7 Å². The molecule has 9 nitrogen and oxygen atoms in total. The standard InChI is InChI=1S/C27H35N3O6S/c1-27(2,3)36-23(31)9-8-22(25(28)32)30-15-21-19(17-37-24(21)26(30)33)16-35-20-6-4-18(5-7-20)14-29-10-12-34-13-11-29/h4-7,17,22H,8-16H2,1-3H3,(H2,28,32). The third-order valence-corrected chi connectivity index (χ3v) is 7.40. The van der Waals surface area contributed by atoms with Crippen molar-refractivity contribution in [3.05, 3.63) is 51.2 Å². The largest absolute Gasteiger partial charge is 0.489 e. The summed E-state index contributed by atoms with van der Waals surface area (Å²) >= 11 is 1.34. The number of ether oxygens (including phenoxy) is 3. The van der Waals surface area contributed by atoms with Crippen molar-refractivity contribution in [2.45, 2.75) is 65.0 Å². The number of hydrogen-bond acceptors (Lipinski definition) is 8. The van der Waals surface area contributed by atoms with Gasteiger partial charge in [0.15, 0.2) is 0 Å². The van der Waals surface area contributed by atoms with Gasteiger partial charge in [0.2, 0.25) is 5.91 Å². The van der Waals surface area contributed by atoms with Crippen LogP contribution in [0.1, 0.15) is 60.0 Å². The fourth-order valence-electron chi connectivity index (χ4n) is 4.48. The zero-order valence-corrected chi connectivity index (χ0v) is 22.5. The maximum absolute atomic E-state index is 13.1. The van der Waals surface area contributed by atoms with Gasteiger partial charge in [-0.05, 0) is 50.3 Å². The van der Waals surface area contributed by atoms with Crippen molar-refractivity contribution in [3.8, 4) is 5.75 Å². The third kappa shape index (κ3) is 7.09. The maximum atomic E-state index is 13.1. The Bertz CT molecular complexity index is 1120. The number of fused-ring (bicyclic) bond motifs is 1. The highest BCUT2D eigenvalue weighted by molar-refractivity contribution is 7.12. The number of rotatable bonds is 10. The maximum Gasteiger partial charge on any atom is 0.306 e. The number of morpholine rings is 1. The molecule has 10 heteroatoms. The van der Waals surface area contributed by atoms with Crippen molar-refractivity contribution in [2.24, 2.45) is 5.73 Å². The lowest BCUT2D eigenvalue weighted by Crippen LogP contribution is -2.45. The molecular formula is C27H35N3O6S. The SMILES string of the molecule is CC(C)(C)OC(=O)CCC(C(N)=O)N1Cc2c(COc3ccc(CN4CCOCC4)cc3)csc2C1=O. The van der Waals surface area contributed by atoms with Gasteiger partial charge in [-0.2, -0.15) is 0 Å². The number of carbonyl (C=O) groups is 3. The Balaban J connectivity index is 1.34. The average Bonchev–Trinajstić information content (AvgIpc) is 3.38. The van der Waals surface area contributed by atoms with Gasteiger partial charge in [-0.3, -0.25) is 19.3 Å². The van der Waals surface area contributed by atoms with Crippen molar-refractivity contribution in [3.63, 3.8) is 0 Å². The first-order chi connectivity index (χ1) is 17.6. The van der Waals surface area contributed by atoms with E-state index in [-0.39, 0.29) is 25.3 Å². The van der Waals surface area contributed by atoms with Crippen LogP contribution in [0.2, 0.25) is 0 Å². The van der Waals surface area contributed by atoms with Crippen molar-refractivity contribution in [2.75, 3.05) is 26.3 Å². The number of esters is 1. The second-order valence-corrected chi connectivity index (χ2v) is 11.2. The molecule has 1 fully saturated rings. The molecule has 2 aliphatic rings. The first-order valence-corrected chi connectivity index (χ1v) is 13.4. The smallest absolute Gasteiger partial charge is 0.306 e. The fourth-order valence-corrected chi connectivity index (χ4v) is 5.51. The molecule has 2 aromatic rings. The number of benzene rings is 1. The molecule has 0 aliphatic carbocycles. The van der Waals surface area contributed by atoms with Gasteiger partial charge in [-0.15, -0.1) is 11.3 Å². The number of primary amides is 1.